The molecule has 0 radical (unpaired) electrons. The first-order valence-electron chi connectivity index (χ1n) is 9.24. The van der Waals surface area contributed by atoms with Gasteiger partial charge >= 0.3 is 0 Å². The molecule has 0 fully saturated rings. The van der Waals surface area contributed by atoms with Crippen LogP contribution in [0.2, 0.25) is 5.02 Å². The van der Waals surface area contributed by atoms with Crippen molar-refractivity contribution in [3.05, 3.63) is 95.8 Å². The zero-order chi connectivity index (χ0) is 20.5. The van der Waals surface area contributed by atoms with Crippen molar-refractivity contribution in [1.29, 1.82) is 0 Å². The van der Waals surface area contributed by atoms with E-state index in [0.717, 1.165) is 16.5 Å². The van der Waals surface area contributed by atoms with E-state index in [4.69, 9.17) is 21.0 Å². The summed E-state index contributed by atoms with van der Waals surface area (Å²) in [6, 6.07) is 22.0. The van der Waals surface area contributed by atoms with Gasteiger partial charge in [-0.25, -0.2) is 10.4 Å². The molecule has 1 N–H and O–H groups in total. The molecule has 30 heavy (non-hydrogen) atoms. The Bertz CT molecular complexity index is 1340. The lowest BCUT2D eigenvalue weighted by atomic mass is 10.0. The monoisotopic (exact) mass is 414 g/mol. The number of aromatic nitrogens is 3. The number of hydrogen-bond acceptors (Lipinski definition) is 4. The first-order chi connectivity index (χ1) is 14.7. The molecule has 7 heteroatoms. The van der Waals surface area contributed by atoms with Gasteiger partial charge in [0.05, 0.1) is 23.0 Å². The number of nitrogens with zero attached hydrogens (tertiary/aromatic N) is 3. The Morgan fingerprint density at radius 2 is 1.80 bits per heavy atom. The summed E-state index contributed by atoms with van der Waals surface area (Å²) in [7, 11) is 0. The summed E-state index contributed by atoms with van der Waals surface area (Å²) in [5.41, 5.74) is 6.21. The first kappa shape index (κ1) is 18.1. The zero-order valence-corrected chi connectivity index (χ0v) is 16.4. The maximum absolute atomic E-state index is 13.1. The van der Waals surface area contributed by atoms with Gasteiger partial charge in [0, 0.05) is 22.2 Å². The number of fused-ring (bicyclic) bond motifs is 1. The maximum Gasteiger partial charge on any atom is 0.272 e. The van der Waals surface area contributed by atoms with E-state index in [0.29, 0.717) is 27.7 Å². The van der Waals surface area contributed by atoms with Crippen molar-refractivity contribution >= 4 is 28.4 Å². The molecule has 0 saturated heterocycles. The molecule has 5 aromatic rings. The minimum atomic E-state index is -0.294. The molecule has 2 aromatic carbocycles. The summed E-state index contributed by atoms with van der Waals surface area (Å²) in [5.74, 6) is 0.334. The SMILES string of the molecule is O=C(Nn1ccc(-c2ccco2)n1)c1cc(-c2ccc(Cl)cc2)nc2ccccc12. The third-order valence-corrected chi connectivity index (χ3v) is 4.93. The number of hydrogen-bond donors (Lipinski definition) is 1. The Kier molecular flexibility index (Phi) is 4.53. The lowest BCUT2D eigenvalue weighted by Crippen LogP contribution is -2.23. The molecule has 0 saturated carbocycles. The van der Waals surface area contributed by atoms with Crippen molar-refractivity contribution in [2.45, 2.75) is 0 Å². The van der Waals surface area contributed by atoms with Crippen LogP contribution in [0.4, 0.5) is 0 Å². The van der Waals surface area contributed by atoms with Crippen LogP contribution in [0.3, 0.4) is 0 Å². The third kappa shape index (κ3) is 3.44. The number of carbonyl (C=O) groups excluding carboxylic acids is 1. The van der Waals surface area contributed by atoms with E-state index in [-0.39, 0.29) is 5.91 Å². The van der Waals surface area contributed by atoms with Crippen LogP contribution in [0.15, 0.2) is 89.7 Å². The highest BCUT2D eigenvalue weighted by atomic mass is 35.5. The number of para-hydroxylation sites is 1. The second-order valence-electron chi connectivity index (χ2n) is 6.64. The number of halogens is 1. The first-order valence-corrected chi connectivity index (χ1v) is 9.62. The fourth-order valence-corrected chi connectivity index (χ4v) is 3.36. The van der Waals surface area contributed by atoms with Gasteiger partial charge in [0.15, 0.2) is 5.76 Å². The minimum absolute atomic E-state index is 0.294. The smallest absolute Gasteiger partial charge is 0.272 e. The van der Waals surface area contributed by atoms with Crippen LogP contribution in [0.5, 0.6) is 0 Å². The molecule has 0 unspecified atom stereocenters. The van der Waals surface area contributed by atoms with Crippen molar-refractivity contribution in [1.82, 2.24) is 14.9 Å². The summed E-state index contributed by atoms with van der Waals surface area (Å²) in [5, 5.41) is 5.75. The van der Waals surface area contributed by atoms with Gasteiger partial charge in [0.1, 0.15) is 5.69 Å². The van der Waals surface area contributed by atoms with Gasteiger partial charge in [-0.15, -0.1) is 5.10 Å². The fraction of sp³-hybridized carbons (Fsp3) is 0. The molecule has 0 aliphatic carbocycles. The van der Waals surface area contributed by atoms with Crippen LogP contribution in [-0.4, -0.2) is 20.8 Å². The van der Waals surface area contributed by atoms with Gasteiger partial charge in [-0.1, -0.05) is 41.9 Å². The average molecular weight is 415 g/mol. The van der Waals surface area contributed by atoms with Crippen LogP contribution in [0, 0.1) is 0 Å². The summed E-state index contributed by atoms with van der Waals surface area (Å²) >= 11 is 6.00. The standard InChI is InChI=1S/C23H15ClN4O2/c24-16-9-7-15(8-10-16)21-14-18(17-4-1-2-5-19(17)25-21)23(29)27-28-12-11-20(26-28)22-6-3-13-30-22/h1-14H,(H,27,29). The molecule has 146 valence electrons. The van der Waals surface area contributed by atoms with E-state index < -0.39 is 0 Å². The molecule has 3 aromatic heterocycles. The van der Waals surface area contributed by atoms with E-state index >= 15 is 0 Å². The van der Waals surface area contributed by atoms with E-state index in [1.807, 2.05) is 42.5 Å². The Labute approximate surface area is 176 Å². The second kappa shape index (κ2) is 7.50. The molecule has 1 amide bonds. The fourth-order valence-electron chi connectivity index (χ4n) is 3.24. The predicted octanol–water partition coefficient (Wildman–Crippen LogP) is 5.40. The topological polar surface area (TPSA) is 73.0 Å². The Morgan fingerprint density at radius 3 is 2.60 bits per heavy atom. The maximum atomic E-state index is 13.1. The zero-order valence-electron chi connectivity index (χ0n) is 15.6. The molecule has 0 spiro atoms. The number of amides is 1. The summed E-state index contributed by atoms with van der Waals surface area (Å²) in [4.78, 5) is 19.2. The highest BCUT2D eigenvalue weighted by molar-refractivity contribution is 6.30. The van der Waals surface area contributed by atoms with Crippen LogP contribution in [-0.2, 0) is 0 Å². The number of pyridine rings is 1. The number of carbonyl (C=O) groups is 1. The number of rotatable bonds is 4. The molecule has 5 rings (SSSR count). The van der Waals surface area contributed by atoms with Crippen molar-refractivity contribution < 1.29 is 9.21 Å². The van der Waals surface area contributed by atoms with Gasteiger partial charge in [0.25, 0.3) is 5.91 Å². The van der Waals surface area contributed by atoms with Gasteiger partial charge in [-0.2, -0.15) is 4.79 Å². The Hall–Kier alpha value is -3.90. The molecule has 6 nitrogen and oxygen atoms in total. The number of benzene rings is 2. The van der Waals surface area contributed by atoms with Crippen LogP contribution < -0.4 is 5.43 Å². The van der Waals surface area contributed by atoms with Crippen LogP contribution >= 0.6 is 11.6 Å². The van der Waals surface area contributed by atoms with Gasteiger partial charge in [-0.3, -0.25) is 4.79 Å². The molecular formula is C23H15ClN4O2. The van der Waals surface area contributed by atoms with E-state index in [1.54, 1.807) is 42.8 Å². The normalized spacial score (nSPS) is 11.0. The van der Waals surface area contributed by atoms with Crippen molar-refractivity contribution in [2.24, 2.45) is 0 Å². The van der Waals surface area contributed by atoms with Crippen LogP contribution in [0.25, 0.3) is 33.6 Å². The van der Waals surface area contributed by atoms with E-state index in [9.17, 15) is 4.79 Å². The number of furan rings is 1. The van der Waals surface area contributed by atoms with Crippen molar-refractivity contribution in [3.8, 4) is 22.7 Å². The quantitative estimate of drug-likeness (QED) is 0.427. The lowest BCUT2D eigenvalue weighted by molar-refractivity contribution is 0.101. The van der Waals surface area contributed by atoms with Crippen molar-refractivity contribution in [3.63, 3.8) is 0 Å². The van der Waals surface area contributed by atoms with Gasteiger partial charge < -0.3 is 4.42 Å². The molecule has 0 aliphatic rings. The van der Waals surface area contributed by atoms with Gasteiger partial charge in [0.2, 0.25) is 0 Å². The second-order valence-corrected chi connectivity index (χ2v) is 7.08. The molecular weight excluding hydrogens is 400 g/mol. The summed E-state index contributed by atoms with van der Waals surface area (Å²) in [6.45, 7) is 0. The number of nitrogens with one attached hydrogen (secondary N) is 1. The highest BCUT2D eigenvalue weighted by Crippen LogP contribution is 2.26. The lowest BCUT2D eigenvalue weighted by Gasteiger charge is -2.10. The van der Waals surface area contributed by atoms with Crippen LogP contribution in [0.1, 0.15) is 10.4 Å². The summed E-state index contributed by atoms with van der Waals surface area (Å²) in [6.07, 6.45) is 3.24. The van der Waals surface area contributed by atoms with E-state index in [2.05, 4.69) is 10.5 Å². The highest BCUT2D eigenvalue weighted by Gasteiger charge is 2.15. The molecule has 0 atom stereocenters. The average Bonchev–Trinajstić information content (AvgIpc) is 3.45. The molecule has 0 aliphatic heterocycles. The Morgan fingerprint density at radius 1 is 0.967 bits per heavy atom. The van der Waals surface area contributed by atoms with E-state index in [1.165, 1.54) is 4.79 Å². The predicted molar refractivity (Wildman–Crippen MR) is 116 cm³/mol. The van der Waals surface area contributed by atoms with Gasteiger partial charge in [-0.05, 0) is 42.5 Å². The Balaban J connectivity index is 1.52. The third-order valence-electron chi connectivity index (χ3n) is 4.68. The molecule has 3 heterocycles. The van der Waals surface area contributed by atoms with Crippen molar-refractivity contribution in [2.75, 3.05) is 5.43 Å². The summed E-state index contributed by atoms with van der Waals surface area (Å²) < 4.78 is 5.35. The molecule has 0 bridgehead atoms. The largest absolute Gasteiger partial charge is 0.463 e. The minimum Gasteiger partial charge on any atom is -0.463 e.